The lowest BCUT2D eigenvalue weighted by molar-refractivity contribution is -0.128. The largest absolute Gasteiger partial charge is 0.481 e. The van der Waals surface area contributed by atoms with E-state index < -0.39 is 6.10 Å². The highest BCUT2D eigenvalue weighted by Crippen LogP contribution is 2.21. The Morgan fingerprint density at radius 2 is 1.65 bits per heavy atom. The van der Waals surface area contributed by atoms with E-state index in [4.69, 9.17) is 4.74 Å². The number of carbonyl (C=O) groups excluding carboxylic acids is 1. The highest BCUT2D eigenvalue weighted by Gasteiger charge is 2.22. The number of carbonyl (C=O) groups is 1. The molecular formula is C23H31NO2. The van der Waals surface area contributed by atoms with Crippen LogP contribution in [0.15, 0.2) is 42.5 Å². The molecule has 3 heteroatoms. The number of hydrogen-bond donors (Lipinski definition) is 1. The van der Waals surface area contributed by atoms with Crippen LogP contribution in [0.1, 0.15) is 61.9 Å². The predicted octanol–water partition coefficient (Wildman–Crippen LogP) is 5.29. The van der Waals surface area contributed by atoms with Crippen molar-refractivity contribution >= 4 is 5.91 Å². The monoisotopic (exact) mass is 353 g/mol. The van der Waals surface area contributed by atoms with Crippen LogP contribution in [-0.2, 0) is 11.2 Å². The fraction of sp³-hybridized carbons (Fsp3) is 0.435. The molecule has 0 aliphatic rings. The number of ether oxygens (including phenoxy) is 1. The van der Waals surface area contributed by atoms with Crippen molar-refractivity contribution in [2.75, 3.05) is 0 Å². The molecule has 2 atom stereocenters. The maximum atomic E-state index is 12.8. The minimum Gasteiger partial charge on any atom is -0.481 e. The maximum Gasteiger partial charge on any atom is 0.261 e. The van der Waals surface area contributed by atoms with Crippen molar-refractivity contribution in [3.8, 4) is 5.75 Å². The molecule has 0 bridgehead atoms. The Kier molecular flexibility index (Phi) is 7.26. The van der Waals surface area contributed by atoms with Crippen LogP contribution in [0.3, 0.4) is 0 Å². The first-order valence-corrected chi connectivity index (χ1v) is 9.61. The van der Waals surface area contributed by atoms with Crippen molar-refractivity contribution in [2.24, 2.45) is 0 Å². The van der Waals surface area contributed by atoms with Gasteiger partial charge in [0.2, 0.25) is 0 Å². The third-order valence-electron chi connectivity index (χ3n) is 4.93. The molecule has 26 heavy (non-hydrogen) atoms. The Bertz CT molecular complexity index is 721. The first-order valence-electron chi connectivity index (χ1n) is 9.61. The molecule has 0 aromatic heterocycles. The van der Waals surface area contributed by atoms with Gasteiger partial charge in [0, 0.05) is 0 Å². The zero-order valence-corrected chi connectivity index (χ0v) is 16.6. The number of benzene rings is 2. The van der Waals surface area contributed by atoms with Gasteiger partial charge in [-0.25, -0.2) is 0 Å². The highest BCUT2D eigenvalue weighted by atomic mass is 16.5. The van der Waals surface area contributed by atoms with Gasteiger partial charge in [-0.3, -0.25) is 4.79 Å². The smallest absolute Gasteiger partial charge is 0.261 e. The summed E-state index contributed by atoms with van der Waals surface area (Å²) >= 11 is 0. The topological polar surface area (TPSA) is 38.3 Å². The van der Waals surface area contributed by atoms with Crippen molar-refractivity contribution in [1.29, 1.82) is 0 Å². The quantitative estimate of drug-likeness (QED) is 0.700. The molecule has 3 nitrogen and oxygen atoms in total. The first kappa shape index (κ1) is 20.0. The molecule has 0 aliphatic heterocycles. The van der Waals surface area contributed by atoms with Crippen LogP contribution >= 0.6 is 0 Å². The Labute approximate surface area is 157 Å². The summed E-state index contributed by atoms with van der Waals surface area (Å²) in [5, 5.41) is 3.16. The van der Waals surface area contributed by atoms with Crippen LogP contribution in [-0.4, -0.2) is 12.0 Å². The summed E-state index contributed by atoms with van der Waals surface area (Å²) in [4.78, 5) is 12.8. The zero-order chi connectivity index (χ0) is 19.1. The van der Waals surface area contributed by atoms with Crippen molar-refractivity contribution < 1.29 is 9.53 Å². The second-order valence-corrected chi connectivity index (χ2v) is 6.83. The lowest BCUT2D eigenvalue weighted by Crippen LogP contribution is -2.40. The van der Waals surface area contributed by atoms with E-state index >= 15 is 0 Å². The molecule has 0 spiro atoms. The molecule has 2 rings (SSSR count). The van der Waals surface area contributed by atoms with Crippen LogP contribution in [0.5, 0.6) is 5.75 Å². The SMILES string of the molecule is CCc1ccc(OC(CC)C(=O)NC(CC)c2ccc(C)c(C)c2)cc1. The lowest BCUT2D eigenvalue weighted by atomic mass is 9.99. The molecule has 0 fully saturated rings. The molecule has 0 saturated heterocycles. The Balaban J connectivity index is 2.06. The van der Waals surface area contributed by atoms with Gasteiger partial charge in [0.25, 0.3) is 5.91 Å². The van der Waals surface area contributed by atoms with Gasteiger partial charge in [-0.1, -0.05) is 51.1 Å². The third kappa shape index (κ3) is 5.10. The lowest BCUT2D eigenvalue weighted by Gasteiger charge is -2.23. The number of aryl methyl sites for hydroxylation is 3. The minimum absolute atomic E-state index is 0.00178. The second-order valence-electron chi connectivity index (χ2n) is 6.83. The fourth-order valence-electron chi connectivity index (χ4n) is 2.96. The maximum absolute atomic E-state index is 12.8. The number of nitrogens with one attached hydrogen (secondary N) is 1. The summed E-state index contributed by atoms with van der Waals surface area (Å²) in [5.74, 6) is 0.681. The second kappa shape index (κ2) is 9.42. The van der Waals surface area contributed by atoms with Gasteiger partial charge >= 0.3 is 0 Å². The van der Waals surface area contributed by atoms with E-state index in [1.807, 2.05) is 31.2 Å². The number of amides is 1. The molecule has 1 amide bonds. The predicted molar refractivity (Wildman–Crippen MR) is 108 cm³/mol. The van der Waals surface area contributed by atoms with Crippen molar-refractivity contribution in [3.63, 3.8) is 0 Å². The van der Waals surface area contributed by atoms with E-state index in [2.05, 4.69) is 51.2 Å². The van der Waals surface area contributed by atoms with Crippen LogP contribution in [0.25, 0.3) is 0 Å². The van der Waals surface area contributed by atoms with E-state index in [0.717, 1.165) is 24.2 Å². The first-order chi connectivity index (χ1) is 12.5. The molecule has 2 aromatic carbocycles. The summed E-state index contributed by atoms with van der Waals surface area (Å²) in [5.41, 5.74) is 4.91. The molecule has 0 aliphatic carbocycles. The Hall–Kier alpha value is -2.29. The average molecular weight is 354 g/mol. The normalized spacial score (nSPS) is 13.1. The van der Waals surface area contributed by atoms with Crippen LogP contribution in [0, 0.1) is 13.8 Å². The number of rotatable bonds is 8. The third-order valence-corrected chi connectivity index (χ3v) is 4.93. The van der Waals surface area contributed by atoms with Gasteiger partial charge in [0.1, 0.15) is 5.75 Å². The van der Waals surface area contributed by atoms with Crippen LogP contribution in [0.4, 0.5) is 0 Å². The standard InChI is InChI=1S/C23H31NO2/c1-6-18-10-13-20(14-11-18)26-22(8-3)23(25)24-21(7-2)19-12-9-16(4)17(5)15-19/h9-15,21-22H,6-8H2,1-5H3,(H,24,25). The minimum atomic E-state index is -0.483. The van der Waals surface area contributed by atoms with E-state index in [1.54, 1.807) is 0 Å². The summed E-state index contributed by atoms with van der Waals surface area (Å²) < 4.78 is 5.94. The van der Waals surface area contributed by atoms with E-state index in [9.17, 15) is 4.79 Å². The summed E-state index contributed by atoms with van der Waals surface area (Å²) in [7, 11) is 0. The van der Waals surface area contributed by atoms with Gasteiger partial charge in [0.15, 0.2) is 6.10 Å². The Morgan fingerprint density at radius 3 is 2.19 bits per heavy atom. The molecule has 0 radical (unpaired) electrons. The van der Waals surface area contributed by atoms with Crippen molar-refractivity contribution in [2.45, 2.75) is 66.0 Å². The zero-order valence-electron chi connectivity index (χ0n) is 16.6. The van der Waals surface area contributed by atoms with Gasteiger partial charge in [-0.2, -0.15) is 0 Å². The van der Waals surface area contributed by atoms with E-state index in [-0.39, 0.29) is 11.9 Å². The summed E-state index contributed by atoms with van der Waals surface area (Å²) in [6.45, 7) is 10.4. The van der Waals surface area contributed by atoms with Crippen molar-refractivity contribution in [1.82, 2.24) is 5.32 Å². The molecule has 0 saturated carbocycles. The molecule has 0 heterocycles. The molecular weight excluding hydrogens is 322 g/mol. The van der Waals surface area contributed by atoms with Gasteiger partial charge < -0.3 is 10.1 Å². The van der Waals surface area contributed by atoms with Crippen molar-refractivity contribution in [3.05, 3.63) is 64.7 Å². The van der Waals surface area contributed by atoms with Gasteiger partial charge in [0.05, 0.1) is 6.04 Å². The number of hydrogen-bond acceptors (Lipinski definition) is 2. The average Bonchev–Trinajstić information content (AvgIpc) is 2.66. The highest BCUT2D eigenvalue weighted by molar-refractivity contribution is 5.81. The fourth-order valence-corrected chi connectivity index (χ4v) is 2.96. The summed E-state index contributed by atoms with van der Waals surface area (Å²) in [6, 6.07) is 14.3. The van der Waals surface area contributed by atoms with Gasteiger partial charge in [-0.05, 0) is 67.5 Å². The van der Waals surface area contributed by atoms with Crippen LogP contribution < -0.4 is 10.1 Å². The van der Waals surface area contributed by atoms with E-state index in [0.29, 0.717) is 6.42 Å². The molecule has 2 aromatic rings. The molecule has 2 unspecified atom stereocenters. The summed E-state index contributed by atoms with van der Waals surface area (Å²) in [6.07, 6.45) is 1.98. The molecule has 140 valence electrons. The van der Waals surface area contributed by atoms with E-state index in [1.165, 1.54) is 16.7 Å². The Morgan fingerprint density at radius 1 is 0.962 bits per heavy atom. The van der Waals surface area contributed by atoms with Crippen LogP contribution in [0.2, 0.25) is 0 Å². The van der Waals surface area contributed by atoms with Gasteiger partial charge in [-0.15, -0.1) is 0 Å². The molecule has 1 N–H and O–H groups in total.